The Kier molecular flexibility index (Phi) is 4.16. The molecule has 2 heteroatoms. The molecular formula is C11H17NS. The van der Waals surface area contributed by atoms with E-state index in [1.807, 2.05) is 6.20 Å². The van der Waals surface area contributed by atoms with E-state index < -0.39 is 0 Å². The lowest BCUT2D eigenvalue weighted by atomic mass is 10.0. The second-order valence-corrected chi connectivity index (χ2v) is 4.19. The highest BCUT2D eigenvalue weighted by atomic mass is 32.1. The maximum absolute atomic E-state index is 4.21. The molecule has 0 spiro atoms. The van der Waals surface area contributed by atoms with Gasteiger partial charge in [-0.05, 0) is 36.9 Å². The predicted octanol–water partition coefficient (Wildman–Crippen LogP) is 4.05. The molecule has 0 atom stereocenters. The van der Waals surface area contributed by atoms with E-state index in [0.717, 1.165) is 6.42 Å². The van der Waals surface area contributed by atoms with Crippen molar-refractivity contribution in [2.75, 3.05) is 0 Å². The molecule has 0 fully saturated rings. The molecular weight excluding hydrogens is 178 g/mol. The fraction of sp³-hybridized carbons (Fsp3) is 0.545. The summed E-state index contributed by atoms with van der Waals surface area (Å²) < 4.78 is 4.21. The van der Waals surface area contributed by atoms with Crippen molar-refractivity contribution in [1.29, 1.82) is 0 Å². The highest BCUT2D eigenvalue weighted by Gasteiger charge is 2.05. The van der Waals surface area contributed by atoms with Crippen molar-refractivity contribution in [2.45, 2.75) is 40.0 Å². The Morgan fingerprint density at radius 1 is 1.54 bits per heavy atom. The number of aryl methyl sites for hydroxylation is 1. The van der Waals surface area contributed by atoms with Crippen LogP contribution in [-0.4, -0.2) is 4.37 Å². The molecule has 0 unspecified atom stereocenters. The van der Waals surface area contributed by atoms with Crippen molar-refractivity contribution in [3.63, 3.8) is 0 Å². The van der Waals surface area contributed by atoms with Gasteiger partial charge in [-0.15, -0.1) is 0 Å². The van der Waals surface area contributed by atoms with Crippen LogP contribution in [0.1, 0.15) is 43.6 Å². The number of nitrogens with zero attached hydrogens (tertiary/aromatic N) is 1. The summed E-state index contributed by atoms with van der Waals surface area (Å²) in [6, 6.07) is 0. The zero-order chi connectivity index (χ0) is 9.68. The van der Waals surface area contributed by atoms with E-state index in [4.69, 9.17) is 0 Å². The standard InChI is InChI=1S/C11H17NS/c1-4-6-10(7-5-2)11-8-12-13-9(11)3/h6,8H,4-5,7H2,1-3H3/b10-6+. The molecule has 0 radical (unpaired) electrons. The first-order valence-corrected chi connectivity index (χ1v) is 5.67. The minimum Gasteiger partial charge on any atom is -0.200 e. The van der Waals surface area contributed by atoms with Gasteiger partial charge in [-0.3, -0.25) is 0 Å². The van der Waals surface area contributed by atoms with Gasteiger partial charge in [0, 0.05) is 16.6 Å². The van der Waals surface area contributed by atoms with Gasteiger partial charge in [-0.1, -0.05) is 26.3 Å². The zero-order valence-electron chi connectivity index (χ0n) is 8.63. The second-order valence-electron chi connectivity index (χ2n) is 3.18. The smallest absolute Gasteiger partial charge is 0.0484 e. The fourth-order valence-electron chi connectivity index (χ4n) is 1.47. The van der Waals surface area contributed by atoms with Gasteiger partial charge in [0.2, 0.25) is 0 Å². The molecule has 0 saturated carbocycles. The predicted molar refractivity (Wildman–Crippen MR) is 60.0 cm³/mol. The third kappa shape index (κ3) is 2.66. The van der Waals surface area contributed by atoms with Crippen LogP contribution in [0.4, 0.5) is 0 Å². The Morgan fingerprint density at radius 3 is 2.77 bits per heavy atom. The maximum atomic E-state index is 4.21. The number of allylic oxidation sites excluding steroid dienone is 2. The van der Waals surface area contributed by atoms with Crippen LogP contribution in [-0.2, 0) is 0 Å². The van der Waals surface area contributed by atoms with Crippen molar-refractivity contribution < 1.29 is 0 Å². The van der Waals surface area contributed by atoms with E-state index >= 15 is 0 Å². The third-order valence-electron chi connectivity index (χ3n) is 2.07. The minimum atomic E-state index is 1.12. The van der Waals surface area contributed by atoms with E-state index in [1.54, 1.807) is 11.5 Å². The average molecular weight is 195 g/mol. The summed E-state index contributed by atoms with van der Waals surface area (Å²) in [5, 5.41) is 0. The Bertz CT molecular complexity index is 286. The average Bonchev–Trinajstić information content (AvgIpc) is 2.51. The van der Waals surface area contributed by atoms with Crippen LogP contribution in [0.3, 0.4) is 0 Å². The maximum Gasteiger partial charge on any atom is 0.0484 e. The van der Waals surface area contributed by atoms with Gasteiger partial charge in [-0.2, -0.15) is 0 Å². The molecule has 0 amide bonds. The number of aromatic nitrogens is 1. The first kappa shape index (κ1) is 10.5. The normalized spacial score (nSPS) is 12.1. The van der Waals surface area contributed by atoms with E-state index in [2.05, 4.69) is 31.2 Å². The van der Waals surface area contributed by atoms with Crippen molar-refractivity contribution in [2.24, 2.45) is 0 Å². The highest BCUT2D eigenvalue weighted by molar-refractivity contribution is 7.05. The number of hydrogen-bond donors (Lipinski definition) is 0. The topological polar surface area (TPSA) is 12.9 Å². The van der Waals surface area contributed by atoms with Crippen LogP contribution in [0.15, 0.2) is 12.3 Å². The van der Waals surface area contributed by atoms with Crippen LogP contribution in [0.2, 0.25) is 0 Å². The van der Waals surface area contributed by atoms with Crippen LogP contribution in [0, 0.1) is 6.92 Å². The van der Waals surface area contributed by atoms with E-state index in [9.17, 15) is 0 Å². The van der Waals surface area contributed by atoms with Gasteiger partial charge in [0.15, 0.2) is 0 Å². The number of rotatable bonds is 4. The molecule has 1 rings (SSSR count). The number of hydrogen-bond acceptors (Lipinski definition) is 2. The monoisotopic (exact) mass is 195 g/mol. The molecule has 0 aliphatic rings. The third-order valence-corrected chi connectivity index (χ3v) is 2.77. The summed E-state index contributed by atoms with van der Waals surface area (Å²) in [7, 11) is 0. The van der Waals surface area contributed by atoms with Crippen molar-refractivity contribution in [3.8, 4) is 0 Å². The summed E-state index contributed by atoms with van der Waals surface area (Å²) >= 11 is 1.59. The summed E-state index contributed by atoms with van der Waals surface area (Å²) in [4.78, 5) is 1.34. The first-order valence-electron chi connectivity index (χ1n) is 4.90. The molecule has 0 saturated heterocycles. The molecule has 13 heavy (non-hydrogen) atoms. The molecule has 0 bridgehead atoms. The Labute approximate surface area is 84.7 Å². The van der Waals surface area contributed by atoms with Gasteiger partial charge < -0.3 is 0 Å². The summed E-state index contributed by atoms with van der Waals surface area (Å²) in [5.41, 5.74) is 2.82. The second kappa shape index (κ2) is 5.18. The van der Waals surface area contributed by atoms with E-state index in [1.165, 1.54) is 28.9 Å². The molecule has 1 nitrogen and oxygen atoms in total. The van der Waals surface area contributed by atoms with Crippen LogP contribution in [0.5, 0.6) is 0 Å². The molecule has 1 aromatic rings. The van der Waals surface area contributed by atoms with Gasteiger partial charge in [0.05, 0.1) is 0 Å². The molecule has 1 heterocycles. The SMILES string of the molecule is CC/C=C(\CCC)c1cnsc1C. The largest absolute Gasteiger partial charge is 0.200 e. The Hall–Kier alpha value is -0.630. The van der Waals surface area contributed by atoms with Crippen molar-refractivity contribution in [3.05, 3.63) is 22.7 Å². The lowest BCUT2D eigenvalue weighted by molar-refractivity contribution is 0.966. The summed E-state index contributed by atoms with van der Waals surface area (Å²) in [6.07, 6.45) is 7.82. The zero-order valence-corrected chi connectivity index (χ0v) is 9.45. The van der Waals surface area contributed by atoms with Gasteiger partial charge in [0.25, 0.3) is 0 Å². The van der Waals surface area contributed by atoms with Gasteiger partial charge >= 0.3 is 0 Å². The molecule has 1 aromatic heterocycles. The van der Waals surface area contributed by atoms with Crippen LogP contribution in [0.25, 0.3) is 5.57 Å². The van der Waals surface area contributed by atoms with Crippen molar-refractivity contribution in [1.82, 2.24) is 4.37 Å². The minimum absolute atomic E-state index is 1.12. The van der Waals surface area contributed by atoms with E-state index in [0.29, 0.717) is 0 Å². The quantitative estimate of drug-likeness (QED) is 0.706. The molecule has 0 aliphatic carbocycles. The molecule has 0 aliphatic heterocycles. The van der Waals surface area contributed by atoms with Gasteiger partial charge in [0.1, 0.15) is 0 Å². The first-order chi connectivity index (χ1) is 6.29. The van der Waals surface area contributed by atoms with Gasteiger partial charge in [-0.25, -0.2) is 4.37 Å². The Morgan fingerprint density at radius 2 is 2.31 bits per heavy atom. The fourth-order valence-corrected chi connectivity index (χ4v) is 2.07. The van der Waals surface area contributed by atoms with Crippen LogP contribution >= 0.6 is 11.5 Å². The highest BCUT2D eigenvalue weighted by Crippen LogP contribution is 2.25. The van der Waals surface area contributed by atoms with Crippen LogP contribution < -0.4 is 0 Å². The molecule has 0 N–H and O–H groups in total. The Balaban J connectivity index is 2.88. The summed E-state index contributed by atoms with van der Waals surface area (Å²) in [5.74, 6) is 0. The summed E-state index contributed by atoms with van der Waals surface area (Å²) in [6.45, 7) is 6.55. The lowest BCUT2D eigenvalue weighted by Gasteiger charge is -2.03. The lowest BCUT2D eigenvalue weighted by Crippen LogP contribution is -1.84. The molecule has 0 aromatic carbocycles. The van der Waals surface area contributed by atoms with Crippen molar-refractivity contribution >= 4 is 17.1 Å². The molecule has 72 valence electrons. The van der Waals surface area contributed by atoms with E-state index in [-0.39, 0.29) is 0 Å².